The van der Waals surface area contributed by atoms with Crippen LogP contribution < -0.4 is 10.1 Å². The molecule has 72 valence electrons. The SMILES string of the molecule is CNC(S)c1ccc(OC)c(Cl)c1. The number of hydrogen-bond donors (Lipinski definition) is 2. The summed E-state index contributed by atoms with van der Waals surface area (Å²) in [6, 6.07) is 5.60. The maximum Gasteiger partial charge on any atom is 0.137 e. The Kier molecular flexibility index (Phi) is 3.90. The Balaban J connectivity index is 2.95. The van der Waals surface area contributed by atoms with Crippen molar-refractivity contribution < 1.29 is 4.74 Å². The van der Waals surface area contributed by atoms with Gasteiger partial charge in [0.2, 0.25) is 0 Å². The second kappa shape index (κ2) is 4.74. The van der Waals surface area contributed by atoms with Gasteiger partial charge in [0.25, 0.3) is 0 Å². The zero-order valence-corrected chi connectivity index (χ0v) is 9.19. The fourth-order valence-corrected chi connectivity index (χ4v) is 1.45. The maximum absolute atomic E-state index is 5.94. The van der Waals surface area contributed by atoms with E-state index < -0.39 is 0 Å². The summed E-state index contributed by atoms with van der Waals surface area (Å²) in [5, 5.41) is 3.62. The minimum atomic E-state index is 0.00315. The first-order chi connectivity index (χ1) is 6.19. The molecule has 0 aliphatic rings. The number of methoxy groups -OCH3 is 1. The number of hydrogen-bond acceptors (Lipinski definition) is 3. The van der Waals surface area contributed by atoms with Crippen molar-refractivity contribution in [1.82, 2.24) is 5.32 Å². The van der Waals surface area contributed by atoms with E-state index >= 15 is 0 Å². The van der Waals surface area contributed by atoms with E-state index in [2.05, 4.69) is 17.9 Å². The molecule has 0 aliphatic heterocycles. The number of nitrogens with one attached hydrogen (secondary N) is 1. The highest BCUT2D eigenvalue weighted by Gasteiger charge is 2.06. The summed E-state index contributed by atoms with van der Waals surface area (Å²) < 4.78 is 5.04. The molecule has 0 radical (unpaired) electrons. The molecule has 2 nitrogen and oxygen atoms in total. The molecule has 1 aromatic carbocycles. The van der Waals surface area contributed by atoms with Crippen molar-refractivity contribution in [3.05, 3.63) is 28.8 Å². The smallest absolute Gasteiger partial charge is 0.137 e. The van der Waals surface area contributed by atoms with Gasteiger partial charge in [-0.2, -0.15) is 12.6 Å². The summed E-state index contributed by atoms with van der Waals surface area (Å²) in [7, 11) is 3.44. The van der Waals surface area contributed by atoms with Crippen molar-refractivity contribution in [1.29, 1.82) is 0 Å². The van der Waals surface area contributed by atoms with E-state index in [1.807, 2.05) is 25.2 Å². The second-order valence-corrected chi connectivity index (χ2v) is 3.51. The number of rotatable bonds is 3. The van der Waals surface area contributed by atoms with Crippen LogP contribution in [-0.4, -0.2) is 14.2 Å². The lowest BCUT2D eigenvalue weighted by molar-refractivity contribution is 0.415. The molecule has 13 heavy (non-hydrogen) atoms. The van der Waals surface area contributed by atoms with Crippen molar-refractivity contribution >= 4 is 24.2 Å². The van der Waals surface area contributed by atoms with Gasteiger partial charge in [-0.1, -0.05) is 17.7 Å². The molecule has 0 saturated heterocycles. The quantitative estimate of drug-likeness (QED) is 0.600. The third kappa shape index (κ3) is 2.53. The van der Waals surface area contributed by atoms with E-state index in [1.54, 1.807) is 7.11 Å². The molecule has 4 heteroatoms. The van der Waals surface area contributed by atoms with E-state index in [-0.39, 0.29) is 5.37 Å². The Labute approximate surface area is 88.6 Å². The van der Waals surface area contributed by atoms with E-state index in [4.69, 9.17) is 16.3 Å². The highest BCUT2D eigenvalue weighted by Crippen LogP contribution is 2.28. The first-order valence-corrected chi connectivity index (χ1v) is 4.77. The molecule has 1 N–H and O–H groups in total. The lowest BCUT2D eigenvalue weighted by atomic mass is 10.2. The molecule has 1 atom stereocenters. The van der Waals surface area contributed by atoms with Crippen LogP contribution in [0.1, 0.15) is 10.9 Å². The predicted molar refractivity (Wildman–Crippen MR) is 58.8 cm³/mol. The molecule has 0 fully saturated rings. The largest absolute Gasteiger partial charge is 0.495 e. The van der Waals surface area contributed by atoms with Crippen LogP contribution in [-0.2, 0) is 0 Å². The molecule has 1 aromatic rings. The van der Waals surface area contributed by atoms with Gasteiger partial charge in [0, 0.05) is 0 Å². The number of benzene rings is 1. The molecule has 0 heterocycles. The van der Waals surface area contributed by atoms with Crippen LogP contribution in [0.3, 0.4) is 0 Å². The van der Waals surface area contributed by atoms with Crippen molar-refractivity contribution in [2.75, 3.05) is 14.2 Å². The summed E-state index contributed by atoms with van der Waals surface area (Å²) in [4.78, 5) is 0. The molecule has 0 spiro atoms. The molecule has 0 amide bonds. The highest BCUT2D eigenvalue weighted by molar-refractivity contribution is 7.80. The van der Waals surface area contributed by atoms with Crippen LogP contribution in [0.25, 0.3) is 0 Å². The predicted octanol–water partition coefficient (Wildman–Crippen LogP) is 2.50. The van der Waals surface area contributed by atoms with E-state index in [9.17, 15) is 0 Å². The van der Waals surface area contributed by atoms with Gasteiger partial charge >= 0.3 is 0 Å². The molecule has 0 aliphatic carbocycles. The van der Waals surface area contributed by atoms with Crippen LogP contribution in [0, 0.1) is 0 Å². The average molecular weight is 218 g/mol. The van der Waals surface area contributed by atoms with Crippen LogP contribution in [0.4, 0.5) is 0 Å². The van der Waals surface area contributed by atoms with Crippen LogP contribution >= 0.6 is 24.2 Å². The van der Waals surface area contributed by atoms with E-state index in [0.717, 1.165) is 5.56 Å². The Morgan fingerprint density at radius 1 is 1.54 bits per heavy atom. The van der Waals surface area contributed by atoms with E-state index in [1.165, 1.54) is 0 Å². The molecular weight excluding hydrogens is 206 g/mol. The molecule has 1 rings (SSSR count). The summed E-state index contributed by atoms with van der Waals surface area (Å²) >= 11 is 10.3. The Hall–Kier alpha value is -0.380. The van der Waals surface area contributed by atoms with Crippen molar-refractivity contribution in [2.24, 2.45) is 0 Å². The van der Waals surface area contributed by atoms with Gasteiger partial charge in [0.05, 0.1) is 17.5 Å². The standard InChI is InChI=1S/C9H12ClNOS/c1-11-9(13)6-3-4-8(12-2)7(10)5-6/h3-5,9,11,13H,1-2H3. The Bertz CT molecular complexity index is 293. The lowest BCUT2D eigenvalue weighted by Crippen LogP contribution is -2.09. The third-order valence-corrected chi connectivity index (χ3v) is 2.62. The first-order valence-electron chi connectivity index (χ1n) is 3.87. The minimum Gasteiger partial charge on any atom is -0.495 e. The minimum absolute atomic E-state index is 0.00315. The lowest BCUT2D eigenvalue weighted by Gasteiger charge is -2.11. The molecule has 0 bridgehead atoms. The van der Waals surface area contributed by atoms with Crippen LogP contribution in [0.15, 0.2) is 18.2 Å². The van der Waals surface area contributed by atoms with Gasteiger partial charge in [-0.3, -0.25) is 0 Å². The van der Waals surface area contributed by atoms with Crippen molar-refractivity contribution in [3.63, 3.8) is 0 Å². The molecule has 0 saturated carbocycles. The first kappa shape index (κ1) is 10.7. The Morgan fingerprint density at radius 3 is 2.69 bits per heavy atom. The van der Waals surface area contributed by atoms with E-state index in [0.29, 0.717) is 10.8 Å². The molecule has 0 aromatic heterocycles. The van der Waals surface area contributed by atoms with Gasteiger partial charge in [-0.25, -0.2) is 0 Å². The van der Waals surface area contributed by atoms with Crippen molar-refractivity contribution in [2.45, 2.75) is 5.37 Å². The fraction of sp³-hybridized carbons (Fsp3) is 0.333. The summed E-state index contributed by atoms with van der Waals surface area (Å²) in [6.45, 7) is 0. The van der Waals surface area contributed by atoms with Crippen LogP contribution in [0.5, 0.6) is 5.75 Å². The third-order valence-electron chi connectivity index (χ3n) is 1.77. The van der Waals surface area contributed by atoms with Crippen molar-refractivity contribution in [3.8, 4) is 5.75 Å². The second-order valence-electron chi connectivity index (χ2n) is 2.59. The normalized spacial score (nSPS) is 12.6. The molecular formula is C9H12ClNOS. The van der Waals surface area contributed by atoms with Gasteiger partial charge < -0.3 is 10.1 Å². The topological polar surface area (TPSA) is 21.3 Å². The number of thiol groups is 1. The zero-order valence-electron chi connectivity index (χ0n) is 7.54. The summed E-state index contributed by atoms with van der Waals surface area (Å²) in [5.74, 6) is 0.682. The fourth-order valence-electron chi connectivity index (χ4n) is 1.02. The van der Waals surface area contributed by atoms with Gasteiger partial charge in [0.15, 0.2) is 0 Å². The monoisotopic (exact) mass is 217 g/mol. The van der Waals surface area contributed by atoms with Crippen LogP contribution in [0.2, 0.25) is 5.02 Å². The Morgan fingerprint density at radius 2 is 2.23 bits per heavy atom. The zero-order chi connectivity index (χ0) is 9.84. The maximum atomic E-state index is 5.94. The number of ether oxygens (including phenoxy) is 1. The molecule has 1 unspecified atom stereocenters. The van der Waals surface area contributed by atoms with Gasteiger partial charge in [0.1, 0.15) is 5.75 Å². The number of halogens is 1. The van der Waals surface area contributed by atoms with Gasteiger partial charge in [-0.15, -0.1) is 0 Å². The average Bonchev–Trinajstić information content (AvgIpc) is 2.16. The highest BCUT2D eigenvalue weighted by atomic mass is 35.5. The summed E-state index contributed by atoms with van der Waals surface area (Å²) in [6.07, 6.45) is 0. The summed E-state index contributed by atoms with van der Waals surface area (Å²) in [5.41, 5.74) is 1.02. The van der Waals surface area contributed by atoms with Gasteiger partial charge in [-0.05, 0) is 24.7 Å².